The van der Waals surface area contributed by atoms with Gasteiger partial charge in [0.1, 0.15) is 0 Å². The van der Waals surface area contributed by atoms with E-state index < -0.39 is 0 Å². The minimum atomic E-state index is -0.203. The average molecular weight is 307 g/mol. The van der Waals surface area contributed by atoms with Crippen LogP contribution in [0.4, 0.5) is 0 Å². The fourth-order valence-electron chi connectivity index (χ4n) is 3.37. The van der Waals surface area contributed by atoms with Crippen LogP contribution in [0.2, 0.25) is 0 Å². The van der Waals surface area contributed by atoms with Crippen molar-refractivity contribution in [3.05, 3.63) is 11.8 Å². The molecule has 0 radical (unpaired) electrons. The molecule has 1 aliphatic heterocycles. The van der Waals surface area contributed by atoms with Crippen LogP contribution in [0, 0.1) is 5.92 Å². The zero-order valence-electron chi connectivity index (χ0n) is 13.7. The van der Waals surface area contributed by atoms with Gasteiger partial charge in [0.05, 0.1) is 6.54 Å². The summed E-state index contributed by atoms with van der Waals surface area (Å²) >= 11 is 0. The highest BCUT2D eigenvalue weighted by Crippen LogP contribution is 2.22. The number of carbonyl (C=O) groups is 2. The summed E-state index contributed by atoms with van der Waals surface area (Å²) in [4.78, 5) is 28.0. The van der Waals surface area contributed by atoms with E-state index in [4.69, 9.17) is 5.73 Å². The van der Waals surface area contributed by atoms with Crippen molar-refractivity contribution in [1.82, 2.24) is 9.80 Å². The summed E-state index contributed by atoms with van der Waals surface area (Å²) in [5, 5.41) is 0. The van der Waals surface area contributed by atoms with Crippen LogP contribution in [-0.2, 0) is 9.59 Å². The third kappa shape index (κ3) is 4.57. The number of piperidine rings is 1. The number of allylic oxidation sites excluding steroid dienone is 2. The molecule has 1 fully saturated rings. The van der Waals surface area contributed by atoms with Gasteiger partial charge in [-0.1, -0.05) is 13.0 Å². The van der Waals surface area contributed by atoms with Crippen molar-refractivity contribution in [2.24, 2.45) is 11.7 Å². The van der Waals surface area contributed by atoms with Gasteiger partial charge >= 0.3 is 0 Å². The van der Waals surface area contributed by atoms with E-state index in [1.165, 1.54) is 18.5 Å². The lowest BCUT2D eigenvalue weighted by molar-refractivity contribution is -0.131. The Morgan fingerprint density at radius 2 is 2.05 bits per heavy atom. The van der Waals surface area contributed by atoms with E-state index >= 15 is 0 Å². The number of hydrogen-bond acceptors (Lipinski definition) is 3. The molecule has 0 saturated carbocycles. The second kappa shape index (κ2) is 8.32. The molecule has 5 nitrogen and oxygen atoms in total. The molecule has 0 aromatic carbocycles. The van der Waals surface area contributed by atoms with E-state index in [1.807, 2.05) is 4.90 Å². The van der Waals surface area contributed by atoms with E-state index in [9.17, 15) is 9.59 Å². The van der Waals surface area contributed by atoms with Gasteiger partial charge < -0.3 is 10.6 Å². The molecule has 1 aliphatic carbocycles. The second-order valence-electron chi connectivity index (χ2n) is 6.44. The van der Waals surface area contributed by atoms with Crippen molar-refractivity contribution < 1.29 is 9.59 Å². The fourth-order valence-corrected chi connectivity index (χ4v) is 3.37. The summed E-state index contributed by atoms with van der Waals surface area (Å²) in [5.41, 5.74) is 6.57. The summed E-state index contributed by atoms with van der Waals surface area (Å²) in [5.74, 6) is -0.0161. The maximum atomic E-state index is 12.7. The second-order valence-corrected chi connectivity index (χ2v) is 6.44. The van der Waals surface area contributed by atoms with Crippen LogP contribution in [0.3, 0.4) is 0 Å². The highest BCUT2D eigenvalue weighted by molar-refractivity contribution is 5.80. The minimum Gasteiger partial charge on any atom is -0.369 e. The Kier molecular flexibility index (Phi) is 6.43. The third-order valence-electron chi connectivity index (χ3n) is 4.71. The van der Waals surface area contributed by atoms with Gasteiger partial charge in [0.25, 0.3) is 0 Å². The normalized spacial score (nSPS) is 20.5. The number of rotatable bonds is 6. The van der Waals surface area contributed by atoms with Crippen LogP contribution >= 0.6 is 0 Å². The summed E-state index contributed by atoms with van der Waals surface area (Å²) in [6, 6.07) is 0. The Labute approximate surface area is 133 Å². The van der Waals surface area contributed by atoms with Crippen molar-refractivity contribution in [3.8, 4) is 0 Å². The third-order valence-corrected chi connectivity index (χ3v) is 4.71. The van der Waals surface area contributed by atoms with Gasteiger partial charge in [-0.25, -0.2) is 0 Å². The lowest BCUT2D eigenvalue weighted by Gasteiger charge is -2.33. The molecule has 22 heavy (non-hydrogen) atoms. The summed E-state index contributed by atoms with van der Waals surface area (Å²) in [7, 11) is 0. The van der Waals surface area contributed by atoms with Crippen LogP contribution in [0.25, 0.3) is 0 Å². The van der Waals surface area contributed by atoms with E-state index in [0.717, 1.165) is 51.7 Å². The van der Waals surface area contributed by atoms with Crippen molar-refractivity contribution in [3.63, 3.8) is 0 Å². The first-order valence-corrected chi connectivity index (χ1v) is 8.63. The molecule has 2 aliphatic rings. The lowest BCUT2D eigenvalue weighted by atomic mass is 9.96. The summed E-state index contributed by atoms with van der Waals surface area (Å²) < 4.78 is 0. The average Bonchev–Trinajstić information content (AvgIpc) is 2.53. The molecule has 5 heteroatoms. The Hall–Kier alpha value is -1.36. The van der Waals surface area contributed by atoms with Crippen LogP contribution in [0.1, 0.15) is 51.9 Å². The quantitative estimate of drug-likeness (QED) is 0.815. The highest BCUT2D eigenvalue weighted by Gasteiger charge is 2.26. The van der Waals surface area contributed by atoms with Gasteiger partial charge in [-0.3, -0.25) is 14.5 Å². The predicted molar refractivity (Wildman–Crippen MR) is 86.9 cm³/mol. The van der Waals surface area contributed by atoms with Gasteiger partial charge in [0.15, 0.2) is 0 Å². The Bertz CT molecular complexity index is 426. The SMILES string of the molecule is CCCN(C(=O)CN1CCC(C(N)=O)CC1)C1=CCCCC1. The molecule has 0 bridgehead atoms. The van der Waals surface area contributed by atoms with E-state index in [0.29, 0.717) is 6.54 Å². The fraction of sp³-hybridized carbons (Fsp3) is 0.765. The molecule has 0 unspecified atom stereocenters. The van der Waals surface area contributed by atoms with Crippen molar-refractivity contribution in [2.75, 3.05) is 26.2 Å². The molecule has 0 spiro atoms. The smallest absolute Gasteiger partial charge is 0.240 e. The molecule has 2 rings (SSSR count). The number of amides is 2. The zero-order valence-corrected chi connectivity index (χ0v) is 13.7. The standard InChI is InChI=1S/C17H29N3O2/c1-2-10-20(15-6-4-3-5-7-15)16(21)13-19-11-8-14(9-12-19)17(18)22/h6,14H,2-5,7-13H2,1H3,(H2,18,22). The molecule has 1 heterocycles. The number of primary amides is 1. The van der Waals surface area contributed by atoms with Crippen LogP contribution in [0.15, 0.2) is 11.8 Å². The Morgan fingerprint density at radius 1 is 1.32 bits per heavy atom. The van der Waals surface area contributed by atoms with Gasteiger partial charge in [0, 0.05) is 18.2 Å². The molecule has 2 N–H and O–H groups in total. The summed E-state index contributed by atoms with van der Waals surface area (Å²) in [6.45, 7) is 4.96. The first-order valence-electron chi connectivity index (χ1n) is 8.63. The molecule has 0 atom stereocenters. The zero-order chi connectivity index (χ0) is 15.9. The van der Waals surface area contributed by atoms with Crippen LogP contribution < -0.4 is 5.73 Å². The van der Waals surface area contributed by atoms with Crippen LogP contribution in [0.5, 0.6) is 0 Å². The van der Waals surface area contributed by atoms with Gasteiger partial charge in [-0.05, 0) is 58.0 Å². The first kappa shape index (κ1) is 17.0. The van der Waals surface area contributed by atoms with Crippen molar-refractivity contribution >= 4 is 11.8 Å². The van der Waals surface area contributed by atoms with Crippen molar-refractivity contribution in [2.45, 2.75) is 51.9 Å². The first-order chi connectivity index (χ1) is 10.6. The van der Waals surface area contributed by atoms with E-state index in [-0.39, 0.29) is 17.7 Å². The molecular formula is C17H29N3O2. The van der Waals surface area contributed by atoms with E-state index in [2.05, 4.69) is 17.9 Å². The Balaban J connectivity index is 1.88. The van der Waals surface area contributed by atoms with Crippen LogP contribution in [-0.4, -0.2) is 47.8 Å². The molecule has 1 saturated heterocycles. The van der Waals surface area contributed by atoms with Gasteiger partial charge in [0.2, 0.25) is 11.8 Å². The van der Waals surface area contributed by atoms with Gasteiger partial charge in [-0.2, -0.15) is 0 Å². The molecule has 0 aromatic heterocycles. The number of nitrogens with zero attached hydrogens (tertiary/aromatic N) is 2. The number of hydrogen-bond donors (Lipinski definition) is 1. The predicted octanol–water partition coefficient (Wildman–Crippen LogP) is 1.88. The largest absolute Gasteiger partial charge is 0.369 e. The lowest BCUT2D eigenvalue weighted by Crippen LogP contribution is -2.45. The minimum absolute atomic E-state index is 0.0147. The van der Waals surface area contributed by atoms with Crippen molar-refractivity contribution in [1.29, 1.82) is 0 Å². The molecule has 0 aromatic rings. The summed E-state index contributed by atoms with van der Waals surface area (Å²) in [6.07, 6.45) is 9.30. The number of nitrogens with two attached hydrogens (primary N) is 1. The highest BCUT2D eigenvalue weighted by atomic mass is 16.2. The topological polar surface area (TPSA) is 66.6 Å². The molecule has 124 valence electrons. The number of likely N-dealkylation sites (tertiary alicyclic amines) is 1. The maximum Gasteiger partial charge on any atom is 0.240 e. The van der Waals surface area contributed by atoms with E-state index in [1.54, 1.807) is 0 Å². The number of carbonyl (C=O) groups excluding carboxylic acids is 2. The monoisotopic (exact) mass is 307 g/mol. The molecular weight excluding hydrogens is 278 g/mol. The van der Waals surface area contributed by atoms with Gasteiger partial charge in [-0.15, -0.1) is 0 Å². The molecule has 2 amide bonds. The Morgan fingerprint density at radius 3 is 2.59 bits per heavy atom. The maximum absolute atomic E-state index is 12.7.